The van der Waals surface area contributed by atoms with E-state index in [9.17, 15) is 0 Å². The third-order valence-electron chi connectivity index (χ3n) is 2.29. The summed E-state index contributed by atoms with van der Waals surface area (Å²) in [5.41, 5.74) is 2.21. The van der Waals surface area contributed by atoms with Crippen LogP contribution in [0.25, 0.3) is 11.0 Å². The van der Waals surface area contributed by atoms with Crippen LogP contribution < -0.4 is 0 Å². The number of aromatic amines is 1. The highest BCUT2D eigenvalue weighted by atomic mass is 79.9. The van der Waals surface area contributed by atoms with E-state index in [1.54, 1.807) is 0 Å². The fraction of sp³-hybridized carbons (Fsp3) is 0.182. The molecule has 0 aliphatic carbocycles. The van der Waals surface area contributed by atoms with Crippen molar-refractivity contribution in [1.29, 1.82) is 0 Å². The van der Waals surface area contributed by atoms with Gasteiger partial charge in [-0.3, -0.25) is 0 Å². The molecular weight excluding hydrogens is 272 g/mol. The third kappa shape index (κ3) is 2.06. The number of hydrogen-bond acceptors (Lipinski definition) is 1. The molecule has 0 aliphatic heterocycles. The van der Waals surface area contributed by atoms with Gasteiger partial charge in [-0.05, 0) is 36.8 Å². The second-order valence-electron chi connectivity index (χ2n) is 3.32. The molecular formula is C11H11BrN2S. The molecule has 0 fully saturated rings. The minimum absolute atomic E-state index is 0.768. The number of benzene rings is 1. The van der Waals surface area contributed by atoms with Gasteiger partial charge in [0.15, 0.2) is 4.77 Å². The van der Waals surface area contributed by atoms with Gasteiger partial charge in [0.05, 0.1) is 11.0 Å². The molecule has 0 saturated carbocycles. The van der Waals surface area contributed by atoms with Gasteiger partial charge in [0.25, 0.3) is 0 Å². The van der Waals surface area contributed by atoms with E-state index in [-0.39, 0.29) is 0 Å². The van der Waals surface area contributed by atoms with Crippen molar-refractivity contribution in [3.05, 3.63) is 40.1 Å². The topological polar surface area (TPSA) is 20.7 Å². The Morgan fingerprint density at radius 1 is 1.53 bits per heavy atom. The first-order chi connectivity index (χ1) is 7.22. The SMILES string of the molecule is C=CCCn1c(=S)[nH]c2ccc(Br)cc21. The number of aromatic nitrogens is 2. The zero-order valence-electron chi connectivity index (χ0n) is 8.16. The van der Waals surface area contributed by atoms with Crippen LogP contribution in [0.2, 0.25) is 0 Å². The summed E-state index contributed by atoms with van der Waals surface area (Å²) in [5.74, 6) is 0. The van der Waals surface area contributed by atoms with Crippen molar-refractivity contribution in [3.8, 4) is 0 Å². The van der Waals surface area contributed by atoms with E-state index in [0.717, 1.165) is 33.2 Å². The van der Waals surface area contributed by atoms with Crippen LogP contribution in [-0.2, 0) is 6.54 Å². The second-order valence-corrected chi connectivity index (χ2v) is 4.62. The number of nitrogens with one attached hydrogen (secondary N) is 1. The fourth-order valence-corrected chi connectivity index (χ4v) is 2.22. The average molecular weight is 283 g/mol. The Balaban J connectivity index is 2.60. The number of imidazole rings is 1. The van der Waals surface area contributed by atoms with Gasteiger partial charge in [-0.25, -0.2) is 0 Å². The number of allylic oxidation sites excluding steroid dienone is 1. The van der Waals surface area contributed by atoms with Crippen LogP contribution in [0.15, 0.2) is 35.3 Å². The first kappa shape index (κ1) is 10.6. The summed E-state index contributed by atoms with van der Waals surface area (Å²) in [6, 6.07) is 6.11. The van der Waals surface area contributed by atoms with Crippen molar-refractivity contribution in [2.24, 2.45) is 0 Å². The van der Waals surface area contributed by atoms with Crippen molar-refractivity contribution in [1.82, 2.24) is 9.55 Å². The summed E-state index contributed by atoms with van der Waals surface area (Å²) >= 11 is 8.73. The Bertz CT molecular complexity index is 553. The van der Waals surface area contributed by atoms with Gasteiger partial charge in [0.2, 0.25) is 0 Å². The Labute approximate surface area is 102 Å². The van der Waals surface area contributed by atoms with Gasteiger partial charge < -0.3 is 9.55 Å². The monoisotopic (exact) mass is 282 g/mol. The number of rotatable bonds is 3. The fourth-order valence-electron chi connectivity index (χ4n) is 1.57. The Morgan fingerprint density at radius 2 is 2.33 bits per heavy atom. The van der Waals surface area contributed by atoms with Crippen molar-refractivity contribution < 1.29 is 0 Å². The summed E-state index contributed by atoms with van der Waals surface area (Å²) in [7, 11) is 0. The van der Waals surface area contributed by atoms with Crippen molar-refractivity contribution in [2.45, 2.75) is 13.0 Å². The number of nitrogens with zero attached hydrogens (tertiary/aromatic N) is 1. The molecule has 0 amide bonds. The smallest absolute Gasteiger partial charge is 0.178 e. The van der Waals surface area contributed by atoms with Crippen LogP contribution in [0.5, 0.6) is 0 Å². The van der Waals surface area contributed by atoms with Crippen LogP contribution in [0, 0.1) is 4.77 Å². The molecule has 1 heterocycles. The first-order valence-electron chi connectivity index (χ1n) is 4.71. The van der Waals surface area contributed by atoms with E-state index >= 15 is 0 Å². The van der Waals surface area contributed by atoms with Gasteiger partial charge in [0, 0.05) is 11.0 Å². The molecule has 78 valence electrons. The Kier molecular flexibility index (Phi) is 3.07. The van der Waals surface area contributed by atoms with Crippen LogP contribution in [0.4, 0.5) is 0 Å². The number of hydrogen-bond donors (Lipinski definition) is 1. The average Bonchev–Trinajstić information content (AvgIpc) is 2.51. The maximum Gasteiger partial charge on any atom is 0.178 e. The molecule has 15 heavy (non-hydrogen) atoms. The van der Waals surface area contributed by atoms with Gasteiger partial charge in [-0.1, -0.05) is 22.0 Å². The predicted octanol–water partition coefficient (Wildman–Crippen LogP) is 4.04. The quantitative estimate of drug-likeness (QED) is 0.666. The lowest BCUT2D eigenvalue weighted by Gasteiger charge is -2.01. The lowest BCUT2D eigenvalue weighted by atomic mass is 10.3. The molecule has 0 atom stereocenters. The number of halogens is 1. The maximum absolute atomic E-state index is 5.27. The lowest BCUT2D eigenvalue weighted by molar-refractivity contribution is 0.721. The molecule has 1 aromatic carbocycles. The zero-order valence-corrected chi connectivity index (χ0v) is 10.6. The zero-order chi connectivity index (χ0) is 10.8. The Hall–Kier alpha value is -0.870. The molecule has 0 bridgehead atoms. The Morgan fingerprint density at radius 3 is 3.07 bits per heavy atom. The van der Waals surface area contributed by atoms with Crippen LogP contribution in [0.3, 0.4) is 0 Å². The summed E-state index contributed by atoms with van der Waals surface area (Å²) in [6.07, 6.45) is 2.83. The van der Waals surface area contributed by atoms with Gasteiger partial charge in [-0.15, -0.1) is 6.58 Å². The van der Waals surface area contributed by atoms with Crippen molar-refractivity contribution in [2.75, 3.05) is 0 Å². The number of H-pyrrole nitrogens is 1. The highest BCUT2D eigenvalue weighted by Gasteiger charge is 2.03. The van der Waals surface area contributed by atoms with E-state index in [0.29, 0.717) is 0 Å². The van der Waals surface area contributed by atoms with E-state index in [2.05, 4.69) is 38.1 Å². The molecule has 2 nitrogen and oxygen atoms in total. The second kappa shape index (κ2) is 4.33. The highest BCUT2D eigenvalue weighted by Crippen LogP contribution is 2.19. The molecule has 4 heteroatoms. The van der Waals surface area contributed by atoms with Crippen molar-refractivity contribution in [3.63, 3.8) is 0 Å². The molecule has 1 aromatic heterocycles. The normalized spacial score (nSPS) is 10.7. The molecule has 1 N–H and O–H groups in total. The molecule has 2 rings (SSSR count). The molecule has 0 radical (unpaired) electrons. The van der Waals surface area contributed by atoms with E-state index < -0.39 is 0 Å². The minimum Gasteiger partial charge on any atom is -0.331 e. The summed E-state index contributed by atoms with van der Waals surface area (Å²) in [4.78, 5) is 3.19. The first-order valence-corrected chi connectivity index (χ1v) is 5.91. The van der Waals surface area contributed by atoms with E-state index in [1.165, 1.54) is 0 Å². The summed E-state index contributed by atoms with van der Waals surface area (Å²) in [6.45, 7) is 4.59. The number of aryl methyl sites for hydroxylation is 1. The van der Waals surface area contributed by atoms with Crippen molar-refractivity contribution >= 4 is 39.2 Å². The standard InChI is InChI=1S/C11H11BrN2S/c1-2-3-6-14-10-7-8(12)4-5-9(10)13-11(14)15/h2,4-5,7H,1,3,6H2,(H,13,15). The highest BCUT2D eigenvalue weighted by molar-refractivity contribution is 9.10. The van der Waals surface area contributed by atoms with Crippen LogP contribution in [0.1, 0.15) is 6.42 Å². The summed E-state index contributed by atoms with van der Waals surface area (Å²) in [5, 5.41) is 0. The largest absolute Gasteiger partial charge is 0.331 e. The third-order valence-corrected chi connectivity index (χ3v) is 3.11. The predicted molar refractivity (Wildman–Crippen MR) is 69.6 cm³/mol. The summed E-state index contributed by atoms with van der Waals surface area (Å²) < 4.78 is 3.93. The molecule has 0 saturated heterocycles. The van der Waals surface area contributed by atoms with Crippen LogP contribution in [-0.4, -0.2) is 9.55 Å². The minimum atomic E-state index is 0.768. The van der Waals surface area contributed by atoms with E-state index in [4.69, 9.17) is 12.2 Å². The van der Waals surface area contributed by atoms with Gasteiger partial charge in [-0.2, -0.15) is 0 Å². The van der Waals surface area contributed by atoms with Gasteiger partial charge in [0.1, 0.15) is 0 Å². The van der Waals surface area contributed by atoms with Gasteiger partial charge >= 0.3 is 0 Å². The molecule has 0 aliphatic rings. The molecule has 2 aromatic rings. The van der Waals surface area contributed by atoms with E-state index in [1.807, 2.05) is 18.2 Å². The molecule has 0 unspecified atom stereocenters. The lowest BCUT2D eigenvalue weighted by Crippen LogP contribution is -1.96. The van der Waals surface area contributed by atoms with Crippen LogP contribution >= 0.6 is 28.1 Å². The molecule has 0 spiro atoms. The maximum atomic E-state index is 5.27. The number of fused-ring (bicyclic) bond motifs is 1.